The van der Waals surface area contributed by atoms with Crippen molar-refractivity contribution in [2.45, 2.75) is 19.1 Å². The molecule has 1 saturated heterocycles. The van der Waals surface area contributed by atoms with Gasteiger partial charge in [0.15, 0.2) is 0 Å². The third-order valence-electron chi connectivity index (χ3n) is 2.92. The average Bonchev–Trinajstić information content (AvgIpc) is 2.47. The van der Waals surface area contributed by atoms with E-state index < -0.39 is 6.10 Å². The predicted molar refractivity (Wildman–Crippen MR) is 72.1 cm³/mol. The molecule has 0 bridgehead atoms. The summed E-state index contributed by atoms with van der Waals surface area (Å²) in [7, 11) is 0. The highest BCUT2D eigenvalue weighted by Crippen LogP contribution is 2.11. The van der Waals surface area contributed by atoms with Gasteiger partial charge in [-0.2, -0.15) is 0 Å². The van der Waals surface area contributed by atoms with Crippen LogP contribution in [0, 0.1) is 5.82 Å². The van der Waals surface area contributed by atoms with Gasteiger partial charge in [-0.05, 0) is 31.2 Å². The van der Waals surface area contributed by atoms with Crippen LogP contribution in [0.25, 0.3) is 0 Å². The maximum absolute atomic E-state index is 12.7. The van der Waals surface area contributed by atoms with E-state index in [1.165, 1.54) is 12.1 Å². The first-order valence-corrected chi connectivity index (χ1v) is 6.66. The number of carbonyl (C=O) groups is 1. The van der Waals surface area contributed by atoms with Gasteiger partial charge >= 0.3 is 0 Å². The molecule has 5 nitrogen and oxygen atoms in total. The Kier molecular flexibility index (Phi) is 5.31. The van der Waals surface area contributed by atoms with Crippen LogP contribution in [0.4, 0.5) is 4.39 Å². The van der Waals surface area contributed by atoms with E-state index in [0.717, 1.165) is 6.54 Å². The molecule has 0 aliphatic carbocycles. The van der Waals surface area contributed by atoms with Gasteiger partial charge in [0, 0.05) is 13.1 Å². The number of rotatable bonds is 5. The van der Waals surface area contributed by atoms with Crippen molar-refractivity contribution in [2.24, 2.45) is 0 Å². The topological polar surface area (TPSA) is 59.6 Å². The minimum Gasteiger partial charge on any atom is -0.491 e. The standard InChI is InChI=1S/C14H19FN2O3/c1-10(9-20-12-4-2-11(15)3-5-12)17-14(18)13-8-16-6-7-19-13/h2-5,10,13,16H,6-9H2,1H3,(H,17,18). The van der Waals surface area contributed by atoms with Gasteiger partial charge in [-0.25, -0.2) is 4.39 Å². The van der Waals surface area contributed by atoms with E-state index in [0.29, 0.717) is 25.5 Å². The second kappa shape index (κ2) is 7.21. The number of hydrogen-bond donors (Lipinski definition) is 2. The number of benzene rings is 1. The summed E-state index contributed by atoms with van der Waals surface area (Å²) in [6.45, 7) is 4.00. The normalized spacial score (nSPS) is 20.2. The molecule has 1 amide bonds. The lowest BCUT2D eigenvalue weighted by atomic mass is 10.2. The maximum atomic E-state index is 12.7. The maximum Gasteiger partial charge on any atom is 0.250 e. The lowest BCUT2D eigenvalue weighted by molar-refractivity contribution is -0.135. The van der Waals surface area contributed by atoms with E-state index in [1.807, 2.05) is 6.92 Å². The SMILES string of the molecule is CC(COc1ccc(F)cc1)NC(=O)C1CNCCO1. The Balaban J connectivity index is 1.73. The highest BCUT2D eigenvalue weighted by Gasteiger charge is 2.22. The zero-order chi connectivity index (χ0) is 14.4. The first-order valence-electron chi connectivity index (χ1n) is 6.66. The van der Waals surface area contributed by atoms with Gasteiger partial charge in [0.1, 0.15) is 24.3 Å². The fourth-order valence-corrected chi connectivity index (χ4v) is 1.86. The van der Waals surface area contributed by atoms with Crippen molar-refractivity contribution in [3.8, 4) is 5.75 Å². The molecule has 0 aromatic heterocycles. The number of hydrogen-bond acceptors (Lipinski definition) is 4. The number of nitrogens with one attached hydrogen (secondary N) is 2. The predicted octanol–water partition coefficient (Wildman–Crippen LogP) is 0.698. The van der Waals surface area contributed by atoms with Crippen LogP contribution in [0.5, 0.6) is 5.75 Å². The Labute approximate surface area is 117 Å². The molecule has 0 spiro atoms. The van der Waals surface area contributed by atoms with E-state index >= 15 is 0 Å². The van der Waals surface area contributed by atoms with E-state index in [1.54, 1.807) is 12.1 Å². The van der Waals surface area contributed by atoms with Gasteiger partial charge < -0.3 is 20.1 Å². The Bertz CT molecular complexity index is 433. The van der Waals surface area contributed by atoms with Gasteiger partial charge in [-0.1, -0.05) is 0 Å². The van der Waals surface area contributed by atoms with Gasteiger partial charge in [-0.15, -0.1) is 0 Å². The number of amides is 1. The van der Waals surface area contributed by atoms with E-state index in [4.69, 9.17) is 9.47 Å². The molecule has 1 aliphatic heterocycles. The average molecular weight is 282 g/mol. The molecule has 1 heterocycles. The lowest BCUT2D eigenvalue weighted by Crippen LogP contribution is -2.50. The van der Waals surface area contributed by atoms with Crippen LogP contribution in [0.1, 0.15) is 6.92 Å². The molecular weight excluding hydrogens is 263 g/mol. The Hall–Kier alpha value is -1.66. The van der Waals surface area contributed by atoms with Crippen molar-refractivity contribution >= 4 is 5.91 Å². The van der Waals surface area contributed by atoms with Crippen LogP contribution in [-0.2, 0) is 9.53 Å². The number of ether oxygens (including phenoxy) is 2. The van der Waals surface area contributed by atoms with Crippen LogP contribution in [-0.4, -0.2) is 44.4 Å². The van der Waals surface area contributed by atoms with Gasteiger partial charge in [0.05, 0.1) is 12.6 Å². The van der Waals surface area contributed by atoms with E-state index in [-0.39, 0.29) is 17.8 Å². The smallest absolute Gasteiger partial charge is 0.250 e. The largest absolute Gasteiger partial charge is 0.491 e. The van der Waals surface area contributed by atoms with Crippen LogP contribution < -0.4 is 15.4 Å². The molecule has 0 radical (unpaired) electrons. The molecular formula is C14H19FN2O3. The number of halogens is 1. The summed E-state index contributed by atoms with van der Waals surface area (Å²) in [5, 5.41) is 5.93. The summed E-state index contributed by atoms with van der Waals surface area (Å²) < 4.78 is 23.6. The third kappa shape index (κ3) is 4.47. The van der Waals surface area contributed by atoms with Crippen molar-refractivity contribution in [1.82, 2.24) is 10.6 Å². The minimum atomic E-state index is -0.447. The second-order valence-corrected chi connectivity index (χ2v) is 4.74. The molecule has 6 heteroatoms. The van der Waals surface area contributed by atoms with Crippen molar-refractivity contribution in [1.29, 1.82) is 0 Å². The fourth-order valence-electron chi connectivity index (χ4n) is 1.86. The van der Waals surface area contributed by atoms with Gasteiger partial charge in [0.2, 0.25) is 0 Å². The van der Waals surface area contributed by atoms with E-state index in [2.05, 4.69) is 10.6 Å². The molecule has 0 saturated carbocycles. The first kappa shape index (κ1) is 14.7. The van der Waals surface area contributed by atoms with Crippen LogP contribution in [0.15, 0.2) is 24.3 Å². The summed E-state index contributed by atoms with van der Waals surface area (Å²) in [6.07, 6.45) is -0.447. The highest BCUT2D eigenvalue weighted by molar-refractivity contribution is 5.81. The molecule has 1 aromatic carbocycles. The summed E-state index contributed by atoms with van der Waals surface area (Å²) in [4.78, 5) is 11.9. The molecule has 2 rings (SSSR count). The number of carbonyl (C=O) groups excluding carboxylic acids is 1. The highest BCUT2D eigenvalue weighted by atomic mass is 19.1. The van der Waals surface area contributed by atoms with E-state index in [9.17, 15) is 9.18 Å². The quantitative estimate of drug-likeness (QED) is 0.834. The molecule has 2 unspecified atom stereocenters. The molecule has 110 valence electrons. The Morgan fingerprint density at radius 1 is 1.55 bits per heavy atom. The number of morpholine rings is 1. The Morgan fingerprint density at radius 2 is 2.30 bits per heavy atom. The molecule has 1 aromatic rings. The minimum absolute atomic E-state index is 0.146. The van der Waals surface area contributed by atoms with Crippen LogP contribution >= 0.6 is 0 Å². The monoisotopic (exact) mass is 282 g/mol. The van der Waals surface area contributed by atoms with Crippen molar-refractivity contribution in [3.05, 3.63) is 30.1 Å². The van der Waals surface area contributed by atoms with Crippen molar-refractivity contribution in [2.75, 3.05) is 26.3 Å². The zero-order valence-corrected chi connectivity index (χ0v) is 11.4. The molecule has 2 N–H and O–H groups in total. The molecule has 1 aliphatic rings. The summed E-state index contributed by atoms with van der Waals surface area (Å²) in [5.74, 6) is 0.121. The van der Waals surface area contributed by atoms with Gasteiger partial charge in [0.25, 0.3) is 5.91 Å². The third-order valence-corrected chi connectivity index (χ3v) is 2.92. The first-order chi connectivity index (χ1) is 9.65. The zero-order valence-electron chi connectivity index (χ0n) is 11.4. The lowest BCUT2D eigenvalue weighted by Gasteiger charge is -2.24. The van der Waals surface area contributed by atoms with Crippen LogP contribution in [0.2, 0.25) is 0 Å². The molecule has 2 atom stereocenters. The second-order valence-electron chi connectivity index (χ2n) is 4.74. The fraction of sp³-hybridized carbons (Fsp3) is 0.500. The Morgan fingerprint density at radius 3 is 2.95 bits per heavy atom. The summed E-state index contributed by atoms with van der Waals surface area (Å²) in [6, 6.07) is 5.62. The van der Waals surface area contributed by atoms with Crippen molar-refractivity contribution < 1.29 is 18.7 Å². The van der Waals surface area contributed by atoms with Crippen molar-refractivity contribution in [3.63, 3.8) is 0 Å². The summed E-state index contributed by atoms with van der Waals surface area (Å²) in [5.41, 5.74) is 0. The van der Waals surface area contributed by atoms with Gasteiger partial charge in [-0.3, -0.25) is 4.79 Å². The molecule has 20 heavy (non-hydrogen) atoms. The summed E-state index contributed by atoms with van der Waals surface area (Å²) >= 11 is 0. The molecule has 1 fully saturated rings. The van der Waals surface area contributed by atoms with Crippen LogP contribution in [0.3, 0.4) is 0 Å².